The van der Waals surface area contributed by atoms with Crippen LogP contribution in [-0.4, -0.2) is 61.9 Å². The number of piperidine rings is 1. The molecule has 0 amide bonds. The van der Waals surface area contributed by atoms with Gasteiger partial charge in [0.05, 0.1) is 16.1 Å². The molecule has 0 aliphatic carbocycles. The fourth-order valence-electron chi connectivity index (χ4n) is 4.99. The molecule has 8 heteroatoms. The Kier molecular flexibility index (Phi) is 7.92. The molecule has 186 valence electrons. The van der Waals surface area contributed by atoms with Gasteiger partial charge in [-0.3, -0.25) is 0 Å². The molecule has 0 saturated carbocycles. The van der Waals surface area contributed by atoms with Gasteiger partial charge in [-0.15, -0.1) is 0 Å². The van der Waals surface area contributed by atoms with Gasteiger partial charge in [0.2, 0.25) is 10.0 Å². The van der Waals surface area contributed by atoms with E-state index in [0.717, 1.165) is 71.3 Å². The topological polar surface area (TPSA) is 74.3 Å². The first kappa shape index (κ1) is 24.6. The van der Waals surface area contributed by atoms with Crippen LogP contribution in [0.25, 0.3) is 22.2 Å². The largest absolute Gasteiger partial charge is 0.384 e. The highest BCUT2D eigenvalue weighted by Crippen LogP contribution is 2.30. The van der Waals surface area contributed by atoms with Gasteiger partial charge in [-0.25, -0.2) is 13.4 Å². The van der Waals surface area contributed by atoms with E-state index in [0.29, 0.717) is 18.0 Å². The number of benzene rings is 2. The minimum absolute atomic E-state index is 0.351. The second-order valence-corrected chi connectivity index (χ2v) is 12.6. The van der Waals surface area contributed by atoms with Gasteiger partial charge in [0, 0.05) is 47.8 Å². The van der Waals surface area contributed by atoms with Crippen molar-refractivity contribution in [3.8, 4) is 11.3 Å². The molecule has 0 spiro atoms. The summed E-state index contributed by atoms with van der Waals surface area (Å²) in [6.45, 7) is 4.38. The zero-order valence-electron chi connectivity index (χ0n) is 20.1. The van der Waals surface area contributed by atoms with Crippen molar-refractivity contribution in [2.45, 2.75) is 30.6 Å². The number of anilines is 1. The van der Waals surface area contributed by atoms with Crippen LogP contribution in [0.2, 0.25) is 0 Å². The van der Waals surface area contributed by atoms with E-state index in [1.165, 1.54) is 19.3 Å². The van der Waals surface area contributed by atoms with E-state index >= 15 is 0 Å². The lowest BCUT2D eigenvalue weighted by atomic mass is 9.95. The lowest BCUT2D eigenvalue weighted by molar-refractivity contribution is 0.353. The standard InChI is InChI=1S/C27H34N4O2S2/c32-35(33,31-15-17-34-18-16-31)23-11-9-22(10-12-23)26-19-27(24-7-1-2-8-25(24)30-26)29-14-4-6-21-5-3-13-28-20-21/h1-2,7-12,19,21,28H,3-6,13-18,20H2,(H,29,30). The molecular weight excluding hydrogens is 476 g/mol. The molecule has 6 nitrogen and oxygen atoms in total. The number of sulfonamides is 1. The fraction of sp³-hybridized carbons (Fsp3) is 0.444. The summed E-state index contributed by atoms with van der Waals surface area (Å²) in [7, 11) is -3.45. The summed E-state index contributed by atoms with van der Waals surface area (Å²) >= 11 is 1.80. The van der Waals surface area contributed by atoms with Crippen LogP contribution in [0.15, 0.2) is 59.5 Å². The first-order chi connectivity index (χ1) is 17.1. The predicted molar refractivity (Wildman–Crippen MR) is 147 cm³/mol. The van der Waals surface area contributed by atoms with E-state index in [1.807, 2.05) is 30.3 Å². The number of aromatic nitrogens is 1. The molecule has 2 N–H and O–H groups in total. The third-order valence-corrected chi connectivity index (χ3v) is 9.83. The summed E-state index contributed by atoms with van der Waals surface area (Å²) in [4.78, 5) is 5.23. The van der Waals surface area contributed by atoms with Crippen LogP contribution in [0.4, 0.5) is 5.69 Å². The van der Waals surface area contributed by atoms with Gasteiger partial charge < -0.3 is 10.6 Å². The minimum atomic E-state index is -3.45. The third-order valence-electron chi connectivity index (χ3n) is 6.98. The predicted octanol–water partition coefficient (Wildman–Crippen LogP) is 4.83. The number of nitrogens with zero attached hydrogens (tertiary/aromatic N) is 2. The Morgan fingerprint density at radius 2 is 1.89 bits per heavy atom. The van der Waals surface area contributed by atoms with Gasteiger partial charge in [0.25, 0.3) is 0 Å². The zero-order valence-corrected chi connectivity index (χ0v) is 21.7. The molecule has 2 aliphatic rings. The van der Waals surface area contributed by atoms with Crippen molar-refractivity contribution in [2.24, 2.45) is 5.92 Å². The van der Waals surface area contributed by atoms with Gasteiger partial charge in [-0.2, -0.15) is 16.1 Å². The lowest BCUT2D eigenvalue weighted by Crippen LogP contribution is -2.37. The minimum Gasteiger partial charge on any atom is -0.384 e. The van der Waals surface area contributed by atoms with Crippen LogP contribution < -0.4 is 10.6 Å². The highest BCUT2D eigenvalue weighted by Gasteiger charge is 2.26. The van der Waals surface area contributed by atoms with Crippen LogP contribution in [-0.2, 0) is 10.0 Å². The normalized spacial score (nSPS) is 19.6. The maximum atomic E-state index is 13.0. The SMILES string of the molecule is O=S(=O)(c1ccc(-c2cc(NCCCC3CCCNC3)c3ccccc3n2)cc1)N1CCSCC1. The van der Waals surface area contributed by atoms with Crippen LogP contribution in [0, 0.1) is 5.92 Å². The van der Waals surface area contributed by atoms with E-state index in [-0.39, 0.29) is 0 Å². The van der Waals surface area contributed by atoms with Crippen LogP contribution in [0.5, 0.6) is 0 Å². The number of rotatable bonds is 8. The number of hydrogen-bond donors (Lipinski definition) is 2. The molecule has 2 fully saturated rings. The van der Waals surface area contributed by atoms with Gasteiger partial charge in [0.15, 0.2) is 0 Å². The summed E-state index contributed by atoms with van der Waals surface area (Å²) in [5.41, 5.74) is 3.78. The molecule has 0 bridgehead atoms. The lowest BCUT2D eigenvalue weighted by Gasteiger charge is -2.25. The van der Waals surface area contributed by atoms with Crippen LogP contribution in [0.1, 0.15) is 25.7 Å². The number of hydrogen-bond acceptors (Lipinski definition) is 6. The van der Waals surface area contributed by atoms with Crippen molar-refractivity contribution in [3.05, 3.63) is 54.6 Å². The highest BCUT2D eigenvalue weighted by atomic mass is 32.2. The molecule has 1 atom stereocenters. The molecule has 2 aromatic carbocycles. The van der Waals surface area contributed by atoms with Gasteiger partial charge in [-0.05, 0) is 69.0 Å². The monoisotopic (exact) mass is 510 g/mol. The summed E-state index contributed by atoms with van der Waals surface area (Å²) in [6.07, 6.45) is 4.99. The quantitative estimate of drug-likeness (QED) is 0.423. The molecule has 3 heterocycles. The molecule has 1 aromatic heterocycles. The van der Waals surface area contributed by atoms with E-state index in [1.54, 1.807) is 28.2 Å². The zero-order chi connectivity index (χ0) is 24.1. The van der Waals surface area contributed by atoms with Crippen molar-refractivity contribution in [1.82, 2.24) is 14.6 Å². The molecule has 2 saturated heterocycles. The molecule has 5 rings (SSSR count). The summed E-state index contributed by atoms with van der Waals surface area (Å²) < 4.78 is 27.6. The average Bonchev–Trinajstić information content (AvgIpc) is 2.92. The number of thioether (sulfide) groups is 1. The fourth-order valence-corrected chi connectivity index (χ4v) is 7.56. The van der Waals surface area contributed by atoms with E-state index < -0.39 is 10.0 Å². The van der Waals surface area contributed by atoms with E-state index in [9.17, 15) is 8.42 Å². The Morgan fingerprint density at radius 1 is 1.09 bits per heavy atom. The summed E-state index contributed by atoms with van der Waals surface area (Å²) in [6, 6.07) is 17.5. The Morgan fingerprint density at radius 3 is 2.66 bits per heavy atom. The molecular formula is C27H34N4O2S2. The third kappa shape index (κ3) is 5.82. The van der Waals surface area contributed by atoms with Crippen molar-refractivity contribution < 1.29 is 8.42 Å². The summed E-state index contributed by atoms with van der Waals surface area (Å²) in [5, 5.41) is 8.27. The number of nitrogens with one attached hydrogen (secondary N) is 2. The molecule has 1 unspecified atom stereocenters. The van der Waals surface area contributed by atoms with Crippen LogP contribution >= 0.6 is 11.8 Å². The molecule has 2 aliphatic heterocycles. The summed E-state index contributed by atoms with van der Waals surface area (Å²) in [5.74, 6) is 2.49. The second-order valence-electron chi connectivity index (χ2n) is 9.39. The van der Waals surface area contributed by atoms with Crippen molar-refractivity contribution >= 4 is 38.4 Å². The second kappa shape index (κ2) is 11.3. The first-order valence-corrected chi connectivity index (χ1v) is 15.2. The molecule has 3 aromatic rings. The molecule has 35 heavy (non-hydrogen) atoms. The Balaban J connectivity index is 1.33. The van der Waals surface area contributed by atoms with Gasteiger partial charge in [-0.1, -0.05) is 30.3 Å². The number of pyridine rings is 1. The Hall–Kier alpha value is -2.13. The number of para-hydroxylation sites is 1. The van der Waals surface area contributed by atoms with Crippen molar-refractivity contribution in [1.29, 1.82) is 0 Å². The van der Waals surface area contributed by atoms with E-state index in [2.05, 4.69) is 22.8 Å². The Labute approximate surface area is 213 Å². The van der Waals surface area contributed by atoms with Crippen molar-refractivity contribution in [3.63, 3.8) is 0 Å². The smallest absolute Gasteiger partial charge is 0.243 e. The highest BCUT2D eigenvalue weighted by molar-refractivity contribution is 7.99. The van der Waals surface area contributed by atoms with Gasteiger partial charge in [0.1, 0.15) is 0 Å². The van der Waals surface area contributed by atoms with Crippen LogP contribution in [0.3, 0.4) is 0 Å². The average molecular weight is 511 g/mol. The molecule has 0 radical (unpaired) electrons. The van der Waals surface area contributed by atoms with Gasteiger partial charge >= 0.3 is 0 Å². The first-order valence-electron chi connectivity index (χ1n) is 12.6. The Bertz CT molecular complexity index is 1240. The maximum absolute atomic E-state index is 13.0. The van der Waals surface area contributed by atoms with E-state index in [4.69, 9.17) is 4.98 Å². The maximum Gasteiger partial charge on any atom is 0.243 e. The number of fused-ring (bicyclic) bond motifs is 1. The van der Waals surface area contributed by atoms with Crippen molar-refractivity contribution in [2.75, 3.05) is 49.5 Å².